The van der Waals surface area contributed by atoms with Crippen LogP contribution in [0.15, 0.2) is 24.3 Å². The summed E-state index contributed by atoms with van der Waals surface area (Å²) in [6.07, 6.45) is 1.09. The van der Waals surface area contributed by atoms with Gasteiger partial charge in [-0.1, -0.05) is 32.9 Å². The second kappa shape index (κ2) is 5.93. The number of nitrogens with zero attached hydrogens (tertiary/aromatic N) is 1. The van der Waals surface area contributed by atoms with Gasteiger partial charge in [-0.15, -0.1) is 11.6 Å². The number of alkyl halides is 1. The topological polar surface area (TPSA) is 33.0 Å². The molecule has 0 saturated heterocycles. The first-order chi connectivity index (χ1) is 7.99. The molecule has 1 atom stereocenters. The van der Waals surface area contributed by atoms with E-state index >= 15 is 0 Å². The van der Waals surface area contributed by atoms with Gasteiger partial charge in [0.2, 0.25) is 0 Å². The molecule has 17 heavy (non-hydrogen) atoms. The molecule has 0 fully saturated rings. The van der Waals surface area contributed by atoms with Gasteiger partial charge in [-0.25, -0.2) is 0 Å². The number of benzene rings is 1. The van der Waals surface area contributed by atoms with Gasteiger partial charge >= 0.3 is 0 Å². The molecule has 0 aromatic heterocycles. The van der Waals surface area contributed by atoms with E-state index in [0.29, 0.717) is 0 Å². The predicted molar refractivity (Wildman–Crippen MR) is 70.5 cm³/mol. The van der Waals surface area contributed by atoms with Crippen molar-refractivity contribution in [1.29, 1.82) is 5.26 Å². The van der Waals surface area contributed by atoms with Crippen LogP contribution in [0.25, 0.3) is 0 Å². The summed E-state index contributed by atoms with van der Waals surface area (Å²) < 4.78 is 5.41. The molecule has 0 bridgehead atoms. The van der Waals surface area contributed by atoms with Crippen molar-refractivity contribution < 1.29 is 4.74 Å². The van der Waals surface area contributed by atoms with Gasteiger partial charge in [-0.2, -0.15) is 5.26 Å². The fraction of sp³-hybridized carbons (Fsp3) is 0.500. The molecule has 0 heterocycles. The third-order valence-corrected chi connectivity index (χ3v) is 3.28. The van der Waals surface area contributed by atoms with E-state index in [9.17, 15) is 0 Å². The first-order valence-corrected chi connectivity index (χ1v) is 6.20. The Hall–Kier alpha value is -1.20. The van der Waals surface area contributed by atoms with Gasteiger partial charge in [0.05, 0.1) is 6.07 Å². The second-order valence-corrected chi connectivity index (χ2v) is 5.20. The maximum absolute atomic E-state index is 8.53. The minimum Gasteiger partial charge on any atom is -0.491 e. The average molecular weight is 252 g/mol. The zero-order valence-corrected chi connectivity index (χ0v) is 11.3. The van der Waals surface area contributed by atoms with E-state index in [1.165, 1.54) is 5.56 Å². The maximum atomic E-state index is 8.53. The monoisotopic (exact) mass is 251 g/mol. The average Bonchev–Trinajstić information content (AvgIpc) is 2.36. The van der Waals surface area contributed by atoms with E-state index in [2.05, 4.69) is 32.9 Å². The minimum atomic E-state index is -0.596. The predicted octanol–water partition coefficient (Wildman–Crippen LogP) is 3.88. The Morgan fingerprint density at radius 3 is 2.41 bits per heavy atom. The van der Waals surface area contributed by atoms with Crippen LogP contribution in [0.5, 0.6) is 5.75 Å². The SMILES string of the molecule is CCC(C)(C)c1ccc(OCC(Cl)C#N)cc1. The van der Waals surface area contributed by atoms with Crippen LogP contribution < -0.4 is 4.74 Å². The lowest BCUT2D eigenvalue weighted by atomic mass is 9.82. The number of nitriles is 1. The molecule has 0 spiro atoms. The van der Waals surface area contributed by atoms with E-state index in [1.54, 1.807) is 0 Å². The van der Waals surface area contributed by atoms with Gasteiger partial charge in [0.25, 0.3) is 0 Å². The molecule has 0 amide bonds. The smallest absolute Gasteiger partial charge is 0.154 e. The molecule has 1 rings (SSSR count). The summed E-state index contributed by atoms with van der Waals surface area (Å²) in [5.74, 6) is 0.751. The molecule has 92 valence electrons. The number of hydrogen-bond donors (Lipinski definition) is 0. The lowest BCUT2D eigenvalue weighted by molar-refractivity contribution is 0.328. The zero-order valence-electron chi connectivity index (χ0n) is 10.5. The highest BCUT2D eigenvalue weighted by atomic mass is 35.5. The normalized spacial score (nSPS) is 12.9. The van der Waals surface area contributed by atoms with Gasteiger partial charge in [0, 0.05) is 0 Å². The third kappa shape index (κ3) is 3.94. The van der Waals surface area contributed by atoms with Crippen LogP contribution in [0.4, 0.5) is 0 Å². The van der Waals surface area contributed by atoms with Gasteiger partial charge in [-0.3, -0.25) is 0 Å². The van der Waals surface area contributed by atoms with Crippen LogP contribution in [0.1, 0.15) is 32.8 Å². The fourth-order valence-corrected chi connectivity index (χ4v) is 1.48. The Kier molecular flexibility index (Phi) is 4.84. The fourth-order valence-electron chi connectivity index (χ4n) is 1.41. The molecule has 0 N–H and O–H groups in total. The first kappa shape index (κ1) is 13.9. The molecule has 0 radical (unpaired) electrons. The lowest BCUT2D eigenvalue weighted by Gasteiger charge is -2.23. The molecule has 0 aliphatic heterocycles. The molecule has 1 aromatic carbocycles. The van der Waals surface area contributed by atoms with E-state index in [4.69, 9.17) is 21.6 Å². The summed E-state index contributed by atoms with van der Waals surface area (Å²) in [6.45, 7) is 6.82. The Balaban J connectivity index is 2.66. The summed E-state index contributed by atoms with van der Waals surface area (Å²) >= 11 is 5.66. The summed E-state index contributed by atoms with van der Waals surface area (Å²) in [4.78, 5) is 0. The summed E-state index contributed by atoms with van der Waals surface area (Å²) in [6, 6.07) is 9.90. The highest BCUT2D eigenvalue weighted by Crippen LogP contribution is 2.28. The molecule has 1 aromatic rings. The molecule has 3 heteroatoms. The largest absolute Gasteiger partial charge is 0.491 e. The Morgan fingerprint density at radius 1 is 1.35 bits per heavy atom. The van der Waals surface area contributed by atoms with E-state index in [0.717, 1.165) is 12.2 Å². The third-order valence-electron chi connectivity index (χ3n) is 3.06. The second-order valence-electron chi connectivity index (χ2n) is 4.67. The van der Waals surface area contributed by atoms with Crippen molar-refractivity contribution in [3.63, 3.8) is 0 Å². The van der Waals surface area contributed by atoms with Crippen LogP contribution in [0.2, 0.25) is 0 Å². The number of rotatable bonds is 5. The summed E-state index contributed by atoms with van der Waals surface area (Å²) in [7, 11) is 0. The Labute approximate surface area is 108 Å². The molecule has 2 nitrogen and oxygen atoms in total. The number of halogens is 1. The quantitative estimate of drug-likeness (QED) is 0.744. The van der Waals surface area contributed by atoms with Crippen molar-refractivity contribution in [1.82, 2.24) is 0 Å². The highest BCUT2D eigenvalue weighted by Gasteiger charge is 2.17. The van der Waals surface area contributed by atoms with Crippen molar-refractivity contribution >= 4 is 11.6 Å². The van der Waals surface area contributed by atoms with E-state index < -0.39 is 5.38 Å². The van der Waals surface area contributed by atoms with Gasteiger partial charge < -0.3 is 4.74 Å². The molecular weight excluding hydrogens is 234 g/mol. The Bertz CT molecular complexity index is 392. The van der Waals surface area contributed by atoms with Crippen molar-refractivity contribution in [2.24, 2.45) is 0 Å². The minimum absolute atomic E-state index is 0.181. The molecule has 1 unspecified atom stereocenters. The van der Waals surface area contributed by atoms with Crippen LogP contribution in [-0.4, -0.2) is 12.0 Å². The standard InChI is InChI=1S/C14H18ClNO/c1-4-14(2,3)11-5-7-13(8-6-11)17-10-12(15)9-16/h5-8,12H,4,10H2,1-3H3. The summed E-state index contributed by atoms with van der Waals surface area (Å²) in [5, 5.41) is 7.94. The number of ether oxygens (including phenoxy) is 1. The Morgan fingerprint density at radius 2 is 1.94 bits per heavy atom. The van der Waals surface area contributed by atoms with Crippen LogP contribution >= 0.6 is 11.6 Å². The van der Waals surface area contributed by atoms with Crippen molar-refractivity contribution in [3.8, 4) is 11.8 Å². The number of hydrogen-bond acceptors (Lipinski definition) is 2. The van der Waals surface area contributed by atoms with Crippen molar-refractivity contribution in [2.45, 2.75) is 38.0 Å². The van der Waals surface area contributed by atoms with Gasteiger partial charge in [0.15, 0.2) is 5.38 Å². The molecule has 0 aliphatic rings. The summed E-state index contributed by atoms with van der Waals surface area (Å²) in [5.41, 5.74) is 1.47. The lowest BCUT2D eigenvalue weighted by Crippen LogP contribution is -2.15. The first-order valence-electron chi connectivity index (χ1n) is 5.76. The molecule has 0 aliphatic carbocycles. The van der Waals surface area contributed by atoms with E-state index in [-0.39, 0.29) is 12.0 Å². The highest BCUT2D eigenvalue weighted by molar-refractivity contribution is 6.22. The zero-order chi connectivity index (χ0) is 12.9. The van der Waals surface area contributed by atoms with E-state index in [1.807, 2.05) is 18.2 Å². The van der Waals surface area contributed by atoms with Crippen molar-refractivity contribution in [3.05, 3.63) is 29.8 Å². The van der Waals surface area contributed by atoms with Crippen molar-refractivity contribution in [2.75, 3.05) is 6.61 Å². The molecule has 0 saturated carbocycles. The van der Waals surface area contributed by atoms with Crippen LogP contribution in [-0.2, 0) is 5.41 Å². The van der Waals surface area contributed by atoms with Crippen LogP contribution in [0, 0.1) is 11.3 Å². The van der Waals surface area contributed by atoms with Gasteiger partial charge in [0.1, 0.15) is 12.4 Å². The van der Waals surface area contributed by atoms with Crippen LogP contribution in [0.3, 0.4) is 0 Å². The molecular formula is C14H18ClNO. The maximum Gasteiger partial charge on any atom is 0.154 e. The van der Waals surface area contributed by atoms with Gasteiger partial charge in [-0.05, 0) is 29.5 Å².